The lowest BCUT2D eigenvalue weighted by Crippen LogP contribution is -2.29. The number of aromatic nitrogens is 1. The number of hydrogen-bond donors (Lipinski definition) is 3. The van der Waals surface area contributed by atoms with Crippen molar-refractivity contribution in [1.29, 1.82) is 0 Å². The van der Waals surface area contributed by atoms with Gasteiger partial charge < -0.3 is 15.3 Å². The van der Waals surface area contributed by atoms with Crippen LogP contribution in [-0.2, 0) is 9.59 Å². The third-order valence-corrected chi connectivity index (χ3v) is 7.31. The molecule has 1 aromatic heterocycles. The van der Waals surface area contributed by atoms with Crippen molar-refractivity contribution in [3.05, 3.63) is 105 Å². The molecule has 1 atom stereocenters. The average molecular weight is 577 g/mol. The molecule has 1 aliphatic heterocycles. The maximum absolute atomic E-state index is 13.3. The number of anilines is 1. The van der Waals surface area contributed by atoms with Crippen LogP contribution in [0.25, 0.3) is 16.3 Å². The number of carboxylic acid groups (broad SMARTS) is 1. The van der Waals surface area contributed by atoms with Crippen molar-refractivity contribution in [1.82, 2.24) is 4.98 Å². The summed E-state index contributed by atoms with van der Waals surface area (Å²) in [4.78, 5) is 43.4. The molecule has 0 saturated carbocycles. The summed E-state index contributed by atoms with van der Waals surface area (Å²) in [6.45, 7) is 0. The monoisotopic (exact) mass is 576 g/mol. The number of phenols is 1. The minimum atomic E-state index is -1.34. The molecule has 1 unspecified atom stereocenters. The van der Waals surface area contributed by atoms with Crippen molar-refractivity contribution in [3.8, 4) is 16.3 Å². The quantitative estimate of drug-likeness (QED) is 0.160. The van der Waals surface area contributed by atoms with Gasteiger partial charge in [0.15, 0.2) is 0 Å². The van der Waals surface area contributed by atoms with E-state index in [1.54, 1.807) is 54.7 Å². The zero-order valence-corrected chi connectivity index (χ0v) is 21.2. The van der Waals surface area contributed by atoms with Crippen LogP contribution in [0.15, 0.2) is 88.4 Å². The van der Waals surface area contributed by atoms with Crippen LogP contribution in [0.3, 0.4) is 0 Å². The van der Waals surface area contributed by atoms with E-state index in [1.807, 2.05) is 5.38 Å². The van der Waals surface area contributed by atoms with Gasteiger partial charge in [0.1, 0.15) is 22.1 Å². The minimum Gasteiger partial charge on any atom is -0.507 e. The summed E-state index contributed by atoms with van der Waals surface area (Å²) < 4.78 is 0.771. The number of nitrogens with zero attached hydrogens (tertiary/aromatic N) is 2. The number of rotatable bonds is 5. The molecule has 184 valence electrons. The summed E-state index contributed by atoms with van der Waals surface area (Å²) >= 11 is 4.80. The first kappa shape index (κ1) is 24.4. The Morgan fingerprint density at radius 2 is 1.68 bits per heavy atom. The smallest absolute Gasteiger partial charge is 0.339 e. The molecular formula is C27H17BrN2O6S. The molecule has 4 aromatic rings. The van der Waals surface area contributed by atoms with Crippen LogP contribution in [0.5, 0.6) is 5.75 Å². The SMILES string of the molecule is O=C1C(=O)N(c2ccc(C(=O)O)c(O)c2)C(c2ccc(-c3nccs3)cc2)C1=C(O)c1ccc(Br)cc1. The van der Waals surface area contributed by atoms with E-state index in [1.165, 1.54) is 17.4 Å². The molecule has 0 aliphatic carbocycles. The lowest BCUT2D eigenvalue weighted by atomic mass is 9.94. The number of benzene rings is 3. The maximum atomic E-state index is 13.3. The molecule has 3 aromatic carbocycles. The highest BCUT2D eigenvalue weighted by Crippen LogP contribution is 2.43. The van der Waals surface area contributed by atoms with Gasteiger partial charge >= 0.3 is 5.97 Å². The van der Waals surface area contributed by atoms with E-state index in [4.69, 9.17) is 0 Å². The number of carbonyl (C=O) groups is 3. The van der Waals surface area contributed by atoms with Gasteiger partial charge in [0.25, 0.3) is 11.7 Å². The topological polar surface area (TPSA) is 128 Å². The number of aliphatic hydroxyl groups excluding tert-OH is 1. The molecule has 5 rings (SSSR count). The summed E-state index contributed by atoms with van der Waals surface area (Å²) in [7, 11) is 0. The zero-order valence-electron chi connectivity index (χ0n) is 18.8. The summed E-state index contributed by atoms with van der Waals surface area (Å²) in [5.74, 6) is -4.08. The second-order valence-electron chi connectivity index (χ2n) is 8.14. The number of halogens is 1. The van der Waals surface area contributed by atoms with Crippen molar-refractivity contribution in [3.63, 3.8) is 0 Å². The van der Waals surface area contributed by atoms with Crippen molar-refractivity contribution in [2.75, 3.05) is 4.90 Å². The van der Waals surface area contributed by atoms with Crippen molar-refractivity contribution < 1.29 is 29.7 Å². The number of aromatic carboxylic acids is 1. The molecule has 8 nitrogen and oxygen atoms in total. The summed E-state index contributed by atoms with van der Waals surface area (Å²) in [6, 6.07) is 16.3. The Labute approximate surface area is 222 Å². The van der Waals surface area contributed by atoms with E-state index in [2.05, 4.69) is 20.9 Å². The molecule has 0 radical (unpaired) electrons. The predicted molar refractivity (Wildman–Crippen MR) is 142 cm³/mol. The van der Waals surface area contributed by atoms with Gasteiger partial charge in [0.2, 0.25) is 0 Å². The Morgan fingerprint density at radius 3 is 2.27 bits per heavy atom. The predicted octanol–water partition coefficient (Wildman–Crippen LogP) is 5.60. The lowest BCUT2D eigenvalue weighted by molar-refractivity contribution is -0.132. The molecule has 0 bridgehead atoms. The highest BCUT2D eigenvalue weighted by Gasteiger charge is 2.47. The van der Waals surface area contributed by atoms with Gasteiger partial charge in [0.05, 0.1) is 11.6 Å². The van der Waals surface area contributed by atoms with Gasteiger partial charge in [-0.05, 0) is 29.8 Å². The molecule has 1 amide bonds. The standard InChI is InChI=1S/C27H17BrN2O6S/c28-17-7-5-15(6-8-17)23(32)21-22(14-1-3-16(4-2-14)25-29-11-12-37-25)30(26(34)24(21)33)18-9-10-19(27(35)36)20(31)13-18/h1-13,22,31-32H,(H,35,36). The first-order valence-electron chi connectivity index (χ1n) is 10.9. The first-order valence-corrected chi connectivity index (χ1v) is 12.6. The van der Waals surface area contributed by atoms with Crippen LogP contribution in [0.2, 0.25) is 0 Å². The van der Waals surface area contributed by atoms with Crippen molar-refractivity contribution in [2.45, 2.75) is 6.04 Å². The average Bonchev–Trinajstić information content (AvgIpc) is 3.51. The first-order chi connectivity index (χ1) is 17.8. The molecule has 1 aliphatic rings. The van der Waals surface area contributed by atoms with Crippen LogP contribution in [-0.4, -0.2) is 38.0 Å². The zero-order chi connectivity index (χ0) is 26.3. The lowest BCUT2D eigenvalue weighted by Gasteiger charge is -2.26. The largest absolute Gasteiger partial charge is 0.507 e. The molecule has 37 heavy (non-hydrogen) atoms. The summed E-state index contributed by atoms with van der Waals surface area (Å²) in [5, 5.41) is 33.4. The van der Waals surface area contributed by atoms with Crippen LogP contribution >= 0.6 is 27.3 Å². The molecule has 10 heteroatoms. The van der Waals surface area contributed by atoms with Gasteiger partial charge in [-0.15, -0.1) is 11.3 Å². The van der Waals surface area contributed by atoms with Gasteiger partial charge in [-0.25, -0.2) is 9.78 Å². The fourth-order valence-electron chi connectivity index (χ4n) is 4.20. The number of aromatic hydroxyl groups is 1. The molecule has 0 spiro atoms. The Kier molecular flexibility index (Phi) is 6.36. The number of aliphatic hydroxyl groups is 1. The maximum Gasteiger partial charge on any atom is 0.339 e. The van der Waals surface area contributed by atoms with Gasteiger partial charge in [-0.2, -0.15) is 0 Å². The molecular weight excluding hydrogens is 560 g/mol. The number of hydrogen-bond acceptors (Lipinski definition) is 7. The Bertz CT molecular complexity index is 1560. The second-order valence-corrected chi connectivity index (χ2v) is 9.95. The van der Waals surface area contributed by atoms with Crippen LogP contribution in [0.1, 0.15) is 27.5 Å². The highest BCUT2D eigenvalue weighted by atomic mass is 79.9. The Balaban J connectivity index is 1.68. The van der Waals surface area contributed by atoms with E-state index >= 15 is 0 Å². The van der Waals surface area contributed by atoms with Crippen LogP contribution in [0, 0.1) is 0 Å². The number of Topliss-reactive ketones (excluding diaryl/α,β-unsaturated/α-hetero) is 1. The molecule has 3 N–H and O–H groups in total. The van der Waals surface area contributed by atoms with E-state index in [0.717, 1.165) is 32.1 Å². The molecule has 2 heterocycles. The third kappa shape index (κ3) is 4.41. The number of carbonyl (C=O) groups excluding carboxylic acids is 2. The summed E-state index contributed by atoms with van der Waals surface area (Å²) in [5.41, 5.74) is 1.34. The molecule has 1 fully saturated rings. The van der Waals surface area contributed by atoms with E-state index in [-0.39, 0.29) is 22.6 Å². The number of amides is 1. The van der Waals surface area contributed by atoms with Crippen LogP contribution < -0.4 is 4.90 Å². The van der Waals surface area contributed by atoms with Gasteiger partial charge in [-0.1, -0.05) is 52.3 Å². The second kappa shape index (κ2) is 9.64. The number of ketones is 1. The summed E-state index contributed by atoms with van der Waals surface area (Å²) in [6.07, 6.45) is 1.69. The van der Waals surface area contributed by atoms with Crippen molar-refractivity contribution in [2.24, 2.45) is 0 Å². The van der Waals surface area contributed by atoms with Gasteiger partial charge in [0, 0.05) is 38.9 Å². The third-order valence-electron chi connectivity index (χ3n) is 5.96. The van der Waals surface area contributed by atoms with E-state index in [9.17, 15) is 29.7 Å². The number of carboxylic acids is 1. The van der Waals surface area contributed by atoms with Gasteiger partial charge in [-0.3, -0.25) is 14.5 Å². The number of thiazole rings is 1. The highest BCUT2D eigenvalue weighted by molar-refractivity contribution is 9.10. The van der Waals surface area contributed by atoms with Crippen LogP contribution in [0.4, 0.5) is 5.69 Å². The van der Waals surface area contributed by atoms with Crippen molar-refractivity contribution >= 4 is 56.4 Å². The normalized spacial score (nSPS) is 16.8. The van der Waals surface area contributed by atoms with E-state index < -0.39 is 29.5 Å². The van der Waals surface area contributed by atoms with E-state index in [0.29, 0.717) is 11.1 Å². The fourth-order valence-corrected chi connectivity index (χ4v) is 5.11. The molecule has 1 saturated heterocycles. The Morgan fingerprint density at radius 1 is 0.973 bits per heavy atom. The fraction of sp³-hybridized carbons (Fsp3) is 0.0370. The Hall–Kier alpha value is -4.28. The minimum absolute atomic E-state index is 0.105.